The number of rotatable bonds is 7. The Kier molecular flexibility index (Phi) is 5.50. The molecule has 1 saturated heterocycles. The first kappa shape index (κ1) is 17.0. The van der Waals surface area contributed by atoms with Crippen LogP contribution >= 0.6 is 0 Å². The van der Waals surface area contributed by atoms with Crippen molar-refractivity contribution in [2.45, 2.75) is 19.1 Å². The lowest BCUT2D eigenvalue weighted by atomic mass is 10.1. The van der Waals surface area contributed by atoms with Gasteiger partial charge in [0.2, 0.25) is 10.0 Å². The molecular weight excluding hydrogens is 326 g/mol. The summed E-state index contributed by atoms with van der Waals surface area (Å²) >= 11 is 0. The third-order valence-corrected chi connectivity index (χ3v) is 5.17. The van der Waals surface area contributed by atoms with Crippen LogP contribution in [-0.4, -0.2) is 27.4 Å². The third kappa shape index (κ3) is 4.80. The Morgan fingerprint density at radius 2 is 1.62 bits per heavy atom. The van der Waals surface area contributed by atoms with E-state index < -0.39 is 10.0 Å². The molecule has 24 heavy (non-hydrogen) atoms. The van der Waals surface area contributed by atoms with Gasteiger partial charge in [0, 0.05) is 11.3 Å². The lowest BCUT2D eigenvalue weighted by Gasteiger charge is -2.11. The number of aryl methyl sites for hydroxylation is 1. The van der Waals surface area contributed by atoms with Crippen LogP contribution in [-0.2, 0) is 25.9 Å². The second-order valence-corrected chi connectivity index (χ2v) is 7.55. The van der Waals surface area contributed by atoms with E-state index in [4.69, 9.17) is 9.47 Å². The van der Waals surface area contributed by atoms with Crippen molar-refractivity contribution in [1.82, 2.24) is 0 Å². The van der Waals surface area contributed by atoms with E-state index in [1.54, 1.807) is 12.1 Å². The normalized spacial score (nSPS) is 15.5. The molecule has 0 amide bonds. The summed E-state index contributed by atoms with van der Waals surface area (Å²) in [6.07, 6.45) is 0.986. The van der Waals surface area contributed by atoms with Gasteiger partial charge in [0.05, 0.1) is 19.0 Å². The van der Waals surface area contributed by atoms with E-state index in [0.717, 1.165) is 17.5 Å². The fourth-order valence-electron chi connectivity index (χ4n) is 2.60. The number of nitrogens with one attached hydrogen (secondary N) is 1. The summed E-state index contributed by atoms with van der Waals surface area (Å²) in [4.78, 5) is 0. The van der Waals surface area contributed by atoms with Crippen LogP contribution in [0, 0.1) is 0 Å². The van der Waals surface area contributed by atoms with E-state index in [2.05, 4.69) is 4.72 Å². The summed E-state index contributed by atoms with van der Waals surface area (Å²) in [5.41, 5.74) is 2.59. The van der Waals surface area contributed by atoms with Gasteiger partial charge in [-0.15, -0.1) is 0 Å². The topological polar surface area (TPSA) is 64.6 Å². The number of ether oxygens (including phenoxy) is 2. The standard InChI is InChI=1S/C18H21NO4S/c20-24(21,14-4-7-15-5-2-1-3-6-15)19-17-10-8-16(9-11-17)18-22-12-13-23-18/h1-3,5-6,8-11,18-19H,4,7,12-14H2. The molecule has 2 aromatic carbocycles. The summed E-state index contributed by atoms with van der Waals surface area (Å²) < 4.78 is 37.8. The summed E-state index contributed by atoms with van der Waals surface area (Å²) in [5.74, 6) is 0.0957. The molecule has 0 aliphatic carbocycles. The molecule has 5 nitrogen and oxygen atoms in total. The quantitative estimate of drug-likeness (QED) is 0.836. The van der Waals surface area contributed by atoms with Crippen molar-refractivity contribution in [3.63, 3.8) is 0 Å². The number of benzene rings is 2. The maximum absolute atomic E-state index is 12.2. The maximum Gasteiger partial charge on any atom is 0.232 e. The SMILES string of the molecule is O=S(=O)(CCCc1ccccc1)Nc1ccc(C2OCCO2)cc1. The zero-order valence-electron chi connectivity index (χ0n) is 13.4. The van der Waals surface area contributed by atoms with E-state index in [0.29, 0.717) is 25.3 Å². The Morgan fingerprint density at radius 3 is 2.29 bits per heavy atom. The number of hydrogen-bond acceptors (Lipinski definition) is 4. The predicted molar refractivity (Wildman–Crippen MR) is 93.3 cm³/mol. The molecule has 1 aliphatic heterocycles. The van der Waals surface area contributed by atoms with Crippen molar-refractivity contribution in [3.05, 3.63) is 65.7 Å². The second kappa shape index (κ2) is 7.79. The van der Waals surface area contributed by atoms with Gasteiger partial charge in [0.15, 0.2) is 6.29 Å². The molecule has 1 aliphatic rings. The third-order valence-electron chi connectivity index (χ3n) is 3.80. The zero-order chi connectivity index (χ0) is 16.8. The second-order valence-electron chi connectivity index (χ2n) is 5.71. The molecule has 1 heterocycles. The van der Waals surface area contributed by atoms with Crippen LogP contribution in [0.25, 0.3) is 0 Å². The van der Waals surface area contributed by atoms with Crippen LogP contribution in [0.1, 0.15) is 23.8 Å². The van der Waals surface area contributed by atoms with Gasteiger partial charge in [-0.05, 0) is 30.5 Å². The van der Waals surface area contributed by atoms with Crippen molar-refractivity contribution in [3.8, 4) is 0 Å². The fraction of sp³-hybridized carbons (Fsp3) is 0.333. The molecule has 128 valence electrons. The zero-order valence-corrected chi connectivity index (χ0v) is 14.2. The van der Waals surface area contributed by atoms with Crippen molar-refractivity contribution >= 4 is 15.7 Å². The molecule has 0 saturated carbocycles. The van der Waals surface area contributed by atoms with Gasteiger partial charge in [-0.3, -0.25) is 4.72 Å². The molecule has 0 radical (unpaired) electrons. The highest BCUT2D eigenvalue weighted by atomic mass is 32.2. The monoisotopic (exact) mass is 347 g/mol. The van der Waals surface area contributed by atoms with Crippen LogP contribution in [0.15, 0.2) is 54.6 Å². The van der Waals surface area contributed by atoms with Crippen molar-refractivity contribution in [1.29, 1.82) is 0 Å². The number of hydrogen-bond donors (Lipinski definition) is 1. The first-order chi connectivity index (χ1) is 11.6. The minimum absolute atomic E-state index is 0.0957. The average Bonchev–Trinajstić information content (AvgIpc) is 3.10. The highest BCUT2D eigenvalue weighted by molar-refractivity contribution is 7.92. The molecule has 0 atom stereocenters. The Balaban J connectivity index is 1.52. The van der Waals surface area contributed by atoms with Crippen molar-refractivity contribution < 1.29 is 17.9 Å². The van der Waals surface area contributed by atoms with Gasteiger partial charge in [-0.2, -0.15) is 0 Å². The molecule has 0 aromatic heterocycles. The van der Waals surface area contributed by atoms with Gasteiger partial charge in [-0.1, -0.05) is 42.5 Å². The van der Waals surface area contributed by atoms with E-state index in [-0.39, 0.29) is 12.0 Å². The summed E-state index contributed by atoms with van der Waals surface area (Å²) in [7, 11) is -3.35. The van der Waals surface area contributed by atoms with E-state index in [1.807, 2.05) is 42.5 Å². The van der Waals surface area contributed by atoms with E-state index in [9.17, 15) is 8.42 Å². The number of anilines is 1. The van der Waals surface area contributed by atoms with Crippen molar-refractivity contribution in [2.24, 2.45) is 0 Å². The Labute approximate surface area is 142 Å². The van der Waals surface area contributed by atoms with Gasteiger partial charge < -0.3 is 9.47 Å². The molecule has 6 heteroatoms. The molecule has 1 fully saturated rings. The first-order valence-corrected chi connectivity index (χ1v) is 9.65. The lowest BCUT2D eigenvalue weighted by Crippen LogP contribution is -2.17. The Hall–Kier alpha value is -1.89. The first-order valence-electron chi connectivity index (χ1n) is 8.00. The minimum Gasteiger partial charge on any atom is -0.346 e. The minimum atomic E-state index is -3.35. The molecule has 0 spiro atoms. The maximum atomic E-state index is 12.2. The predicted octanol–water partition coefficient (Wildman–Crippen LogP) is 3.11. The molecule has 0 unspecified atom stereocenters. The Bertz CT molecular complexity index is 738. The molecule has 0 bridgehead atoms. The highest BCUT2D eigenvalue weighted by Crippen LogP contribution is 2.24. The van der Waals surface area contributed by atoms with Crippen LogP contribution in [0.5, 0.6) is 0 Å². The summed E-state index contributed by atoms with van der Waals surface area (Å²) in [6.45, 7) is 1.17. The smallest absolute Gasteiger partial charge is 0.232 e. The van der Waals surface area contributed by atoms with Crippen molar-refractivity contribution in [2.75, 3.05) is 23.7 Å². The number of sulfonamides is 1. The van der Waals surface area contributed by atoms with Gasteiger partial charge >= 0.3 is 0 Å². The van der Waals surface area contributed by atoms with Crippen LogP contribution in [0.2, 0.25) is 0 Å². The molecule has 2 aromatic rings. The van der Waals surface area contributed by atoms with Crippen LogP contribution < -0.4 is 4.72 Å². The van der Waals surface area contributed by atoms with Crippen LogP contribution in [0.3, 0.4) is 0 Å². The molecule has 1 N–H and O–H groups in total. The fourth-order valence-corrected chi connectivity index (χ4v) is 3.72. The van der Waals surface area contributed by atoms with E-state index in [1.165, 1.54) is 0 Å². The average molecular weight is 347 g/mol. The Morgan fingerprint density at radius 1 is 0.958 bits per heavy atom. The molecule has 3 rings (SSSR count). The molecular formula is C18H21NO4S. The van der Waals surface area contributed by atoms with Gasteiger partial charge in [0.25, 0.3) is 0 Å². The highest BCUT2D eigenvalue weighted by Gasteiger charge is 2.18. The van der Waals surface area contributed by atoms with Gasteiger partial charge in [0.1, 0.15) is 0 Å². The van der Waals surface area contributed by atoms with Crippen LogP contribution in [0.4, 0.5) is 5.69 Å². The largest absolute Gasteiger partial charge is 0.346 e. The summed E-state index contributed by atoms with van der Waals surface area (Å²) in [5, 5.41) is 0. The summed E-state index contributed by atoms with van der Waals surface area (Å²) in [6, 6.07) is 17.0. The lowest BCUT2D eigenvalue weighted by molar-refractivity contribution is -0.0441. The van der Waals surface area contributed by atoms with E-state index >= 15 is 0 Å². The van der Waals surface area contributed by atoms with Gasteiger partial charge in [-0.25, -0.2) is 8.42 Å².